The van der Waals surface area contributed by atoms with Crippen LogP contribution in [-0.4, -0.2) is 22.6 Å². The third-order valence-electron chi connectivity index (χ3n) is 2.64. The molecule has 4 heteroatoms. The Morgan fingerprint density at radius 1 is 1.13 bits per heavy atom. The molecule has 0 rings (SSSR count). The van der Waals surface area contributed by atoms with Gasteiger partial charge in [0.25, 0.3) is 0 Å². The van der Waals surface area contributed by atoms with Crippen molar-refractivity contribution in [1.29, 1.82) is 0 Å². The van der Waals surface area contributed by atoms with Crippen molar-refractivity contribution in [3.8, 4) is 0 Å². The zero-order valence-corrected chi connectivity index (χ0v) is 11.3. The van der Waals surface area contributed by atoms with Crippen molar-refractivity contribution in [3.63, 3.8) is 0 Å². The third kappa shape index (κ3) is 8.15. The quantitative estimate of drug-likeness (QED) is 0.607. The van der Waals surface area contributed by atoms with E-state index >= 15 is 0 Å². The molecule has 0 aromatic rings. The Bertz CT molecular complexity index is 151. The number of rotatable bonds is 9. The first-order valence-electron chi connectivity index (χ1n) is 6.14. The fourth-order valence-electron chi connectivity index (χ4n) is 1.64. The molecule has 0 saturated carbocycles. The Morgan fingerprint density at radius 2 is 1.80 bits per heavy atom. The van der Waals surface area contributed by atoms with Crippen LogP contribution in [0.4, 0.5) is 0 Å². The number of hydrogen-bond acceptors (Lipinski definition) is 3. The Balaban J connectivity index is 3.90. The summed E-state index contributed by atoms with van der Waals surface area (Å²) in [6.07, 6.45) is 5.71. The van der Waals surface area contributed by atoms with Gasteiger partial charge in [-0.3, -0.25) is 0 Å². The molecule has 0 aromatic heterocycles. The van der Waals surface area contributed by atoms with Crippen molar-refractivity contribution >= 4 is 7.94 Å². The van der Waals surface area contributed by atoms with Crippen LogP contribution in [0.15, 0.2) is 0 Å². The molecule has 1 atom stereocenters. The van der Waals surface area contributed by atoms with E-state index in [4.69, 9.17) is 4.52 Å². The zero-order chi connectivity index (χ0) is 11.7. The summed E-state index contributed by atoms with van der Waals surface area (Å²) in [5.41, 5.74) is 0. The predicted molar refractivity (Wildman–Crippen MR) is 67.2 cm³/mol. The molecular weight excluding hydrogens is 211 g/mol. The first-order chi connectivity index (χ1) is 7.05. The summed E-state index contributed by atoms with van der Waals surface area (Å²) in [5.74, 6) is 0.406. The fraction of sp³-hybridized carbons (Fsp3) is 1.00. The standard InChI is InChI=1S/C11H27O3P/c1-4-7-8-11(6-3)10-15(12,13)14-9-5-2/h11-13,15H,4-10H2,1-3H3. The topological polar surface area (TPSA) is 49.7 Å². The fourth-order valence-corrected chi connectivity index (χ4v) is 3.54. The number of hydrogen-bond donors (Lipinski definition) is 2. The van der Waals surface area contributed by atoms with Crippen LogP contribution in [0.2, 0.25) is 0 Å². The molecule has 0 heterocycles. The molecule has 0 fully saturated rings. The molecule has 0 radical (unpaired) electrons. The molecule has 0 saturated heterocycles. The van der Waals surface area contributed by atoms with E-state index in [1.807, 2.05) is 6.92 Å². The second kappa shape index (κ2) is 8.46. The first-order valence-corrected chi connectivity index (χ1v) is 8.15. The molecule has 0 bridgehead atoms. The Kier molecular flexibility index (Phi) is 8.64. The van der Waals surface area contributed by atoms with E-state index in [0.717, 1.165) is 32.1 Å². The molecule has 0 spiro atoms. The summed E-state index contributed by atoms with van der Waals surface area (Å²) < 4.78 is 5.14. The summed E-state index contributed by atoms with van der Waals surface area (Å²) in [6, 6.07) is 0. The average Bonchev–Trinajstić information content (AvgIpc) is 2.21. The van der Waals surface area contributed by atoms with Crippen molar-refractivity contribution in [2.24, 2.45) is 5.92 Å². The third-order valence-corrected chi connectivity index (χ3v) is 4.41. The minimum atomic E-state index is -3.36. The minimum absolute atomic E-state index is 0.406. The monoisotopic (exact) mass is 238 g/mol. The molecule has 0 amide bonds. The van der Waals surface area contributed by atoms with E-state index in [1.165, 1.54) is 0 Å². The molecule has 0 aliphatic carbocycles. The predicted octanol–water partition coefficient (Wildman–Crippen LogP) is 3.11. The first kappa shape index (κ1) is 15.3. The van der Waals surface area contributed by atoms with Crippen LogP contribution in [-0.2, 0) is 4.52 Å². The van der Waals surface area contributed by atoms with Crippen LogP contribution < -0.4 is 0 Å². The van der Waals surface area contributed by atoms with Gasteiger partial charge in [0.15, 0.2) is 0 Å². The van der Waals surface area contributed by atoms with Crippen LogP contribution in [0.3, 0.4) is 0 Å². The molecule has 1 unspecified atom stereocenters. The molecule has 2 N–H and O–H groups in total. The van der Waals surface area contributed by atoms with Crippen molar-refractivity contribution in [2.45, 2.75) is 52.9 Å². The van der Waals surface area contributed by atoms with Crippen LogP contribution in [0, 0.1) is 5.92 Å². The summed E-state index contributed by atoms with van der Waals surface area (Å²) in [5, 5.41) is 0. The average molecular weight is 238 g/mol. The van der Waals surface area contributed by atoms with Crippen molar-refractivity contribution < 1.29 is 14.3 Å². The van der Waals surface area contributed by atoms with Gasteiger partial charge in [-0.05, 0) is 0 Å². The summed E-state index contributed by atoms with van der Waals surface area (Å²) >= 11 is 0. The van der Waals surface area contributed by atoms with Gasteiger partial charge in [0.1, 0.15) is 0 Å². The van der Waals surface area contributed by atoms with Gasteiger partial charge in [-0.1, -0.05) is 0 Å². The molecule has 94 valence electrons. The van der Waals surface area contributed by atoms with Gasteiger partial charge >= 0.3 is 93.8 Å². The number of unbranched alkanes of at least 4 members (excludes halogenated alkanes) is 1. The van der Waals surface area contributed by atoms with E-state index in [1.54, 1.807) is 0 Å². The van der Waals surface area contributed by atoms with Gasteiger partial charge in [0, 0.05) is 0 Å². The normalized spacial score (nSPS) is 15.3. The van der Waals surface area contributed by atoms with Crippen molar-refractivity contribution in [2.75, 3.05) is 12.8 Å². The van der Waals surface area contributed by atoms with Crippen LogP contribution in [0.25, 0.3) is 0 Å². The van der Waals surface area contributed by atoms with Gasteiger partial charge in [0.05, 0.1) is 0 Å². The molecular formula is C11H27O3P. The van der Waals surface area contributed by atoms with E-state index < -0.39 is 7.94 Å². The van der Waals surface area contributed by atoms with E-state index in [9.17, 15) is 9.79 Å². The molecule has 0 aromatic carbocycles. The zero-order valence-electron chi connectivity index (χ0n) is 10.3. The van der Waals surface area contributed by atoms with Gasteiger partial charge in [-0.15, -0.1) is 0 Å². The summed E-state index contributed by atoms with van der Waals surface area (Å²) in [7, 11) is -3.36. The Morgan fingerprint density at radius 3 is 2.27 bits per heavy atom. The van der Waals surface area contributed by atoms with Crippen LogP contribution in [0.1, 0.15) is 52.9 Å². The Labute approximate surface area is 94.4 Å². The van der Waals surface area contributed by atoms with Crippen molar-refractivity contribution in [1.82, 2.24) is 0 Å². The summed E-state index contributed by atoms with van der Waals surface area (Å²) in [4.78, 5) is 19.4. The van der Waals surface area contributed by atoms with Crippen LogP contribution in [0.5, 0.6) is 0 Å². The second-order valence-corrected chi connectivity index (χ2v) is 6.40. The van der Waals surface area contributed by atoms with Gasteiger partial charge < -0.3 is 0 Å². The maximum atomic E-state index is 9.72. The second-order valence-electron chi connectivity index (χ2n) is 4.21. The molecule has 0 aliphatic rings. The van der Waals surface area contributed by atoms with E-state index in [0.29, 0.717) is 18.7 Å². The van der Waals surface area contributed by atoms with Crippen molar-refractivity contribution in [3.05, 3.63) is 0 Å². The maximum absolute atomic E-state index is 9.72. The van der Waals surface area contributed by atoms with Crippen LogP contribution >= 0.6 is 7.94 Å². The Hall–Kier alpha value is 0.310. The van der Waals surface area contributed by atoms with Gasteiger partial charge in [0.2, 0.25) is 0 Å². The van der Waals surface area contributed by atoms with E-state index in [-0.39, 0.29) is 0 Å². The van der Waals surface area contributed by atoms with Gasteiger partial charge in [-0.25, -0.2) is 0 Å². The van der Waals surface area contributed by atoms with Gasteiger partial charge in [-0.2, -0.15) is 0 Å². The molecule has 3 nitrogen and oxygen atoms in total. The molecule has 15 heavy (non-hydrogen) atoms. The molecule has 0 aliphatic heterocycles. The summed E-state index contributed by atoms with van der Waals surface area (Å²) in [6.45, 7) is 6.69. The SMILES string of the molecule is CCCCC(CC)C[PH](O)(O)OCCC. The van der Waals surface area contributed by atoms with E-state index in [2.05, 4.69) is 13.8 Å².